The molecule has 3 heteroatoms. The van der Waals surface area contributed by atoms with Crippen LogP contribution >= 0.6 is 0 Å². The van der Waals surface area contributed by atoms with Gasteiger partial charge < -0.3 is 15.3 Å². The quantitative estimate of drug-likeness (QED) is 0.648. The molecule has 1 unspecified atom stereocenters. The molecule has 0 heterocycles. The van der Waals surface area contributed by atoms with E-state index in [0.717, 1.165) is 19.0 Å². The molecule has 3 nitrogen and oxygen atoms in total. The molecule has 0 aromatic heterocycles. The van der Waals surface area contributed by atoms with Gasteiger partial charge in [0.05, 0.1) is 12.1 Å². The van der Waals surface area contributed by atoms with Crippen molar-refractivity contribution in [2.45, 2.75) is 58.5 Å². The molecule has 1 atom stereocenters. The van der Waals surface area contributed by atoms with Gasteiger partial charge in [-0.05, 0) is 38.6 Å². The van der Waals surface area contributed by atoms with Gasteiger partial charge in [-0.25, -0.2) is 0 Å². The molecule has 0 aliphatic heterocycles. The monoisotopic (exact) mass is 242 g/mol. The first-order valence-corrected chi connectivity index (χ1v) is 7.10. The Kier molecular flexibility index (Phi) is 5.90. The zero-order valence-electron chi connectivity index (χ0n) is 12.0. The van der Waals surface area contributed by atoms with Gasteiger partial charge in [-0.1, -0.05) is 20.8 Å². The van der Waals surface area contributed by atoms with Gasteiger partial charge in [0.2, 0.25) is 0 Å². The predicted molar refractivity (Wildman–Crippen MR) is 73.2 cm³/mol. The molecule has 1 fully saturated rings. The highest BCUT2D eigenvalue weighted by molar-refractivity contribution is 4.89. The van der Waals surface area contributed by atoms with Crippen LogP contribution in [0.4, 0.5) is 0 Å². The van der Waals surface area contributed by atoms with E-state index in [4.69, 9.17) is 0 Å². The molecule has 1 saturated carbocycles. The highest BCUT2D eigenvalue weighted by Gasteiger charge is 2.30. The second-order valence-electron chi connectivity index (χ2n) is 6.20. The minimum absolute atomic E-state index is 0.168. The molecule has 1 rings (SSSR count). The lowest BCUT2D eigenvalue weighted by Crippen LogP contribution is -2.56. The molecular weight excluding hydrogens is 212 g/mol. The third kappa shape index (κ3) is 5.84. The zero-order valence-corrected chi connectivity index (χ0v) is 12.0. The fourth-order valence-corrected chi connectivity index (χ4v) is 2.55. The fraction of sp³-hybridized carbons (Fsp3) is 1.00. The first-order chi connectivity index (χ1) is 7.99. The molecule has 0 amide bonds. The summed E-state index contributed by atoms with van der Waals surface area (Å²) in [6.45, 7) is 12.1. The third-order valence-corrected chi connectivity index (χ3v) is 3.31. The van der Waals surface area contributed by atoms with E-state index in [1.807, 2.05) is 0 Å². The standard InChI is InChI=1S/C14H30N2O/c1-5-8-16(9-13-6-7-13)10-14(4,11-17)15-12(2)3/h12-13,15,17H,5-11H2,1-4H3. The van der Waals surface area contributed by atoms with Crippen LogP contribution < -0.4 is 5.32 Å². The second-order valence-corrected chi connectivity index (χ2v) is 6.20. The summed E-state index contributed by atoms with van der Waals surface area (Å²) in [5.74, 6) is 0.920. The van der Waals surface area contributed by atoms with Crippen molar-refractivity contribution in [3.05, 3.63) is 0 Å². The summed E-state index contributed by atoms with van der Waals surface area (Å²) in [6.07, 6.45) is 3.98. The number of hydrogen-bond acceptors (Lipinski definition) is 3. The van der Waals surface area contributed by atoms with Crippen LogP contribution in [0, 0.1) is 5.92 Å². The maximum Gasteiger partial charge on any atom is 0.0623 e. The fourth-order valence-electron chi connectivity index (χ4n) is 2.55. The van der Waals surface area contributed by atoms with Crippen LogP contribution in [0.2, 0.25) is 0 Å². The van der Waals surface area contributed by atoms with Gasteiger partial charge >= 0.3 is 0 Å². The van der Waals surface area contributed by atoms with E-state index >= 15 is 0 Å². The van der Waals surface area contributed by atoms with Crippen LogP contribution in [0.3, 0.4) is 0 Å². The van der Waals surface area contributed by atoms with Gasteiger partial charge in [-0.2, -0.15) is 0 Å². The Balaban J connectivity index is 2.47. The lowest BCUT2D eigenvalue weighted by Gasteiger charge is -2.36. The van der Waals surface area contributed by atoms with Gasteiger partial charge in [-0.15, -0.1) is 0 Å². The van der Waals surface area contributed by atoms with E-state index in [-0.39, 0.29) is 12.1 Å². The van der Waals surface area contributed by atoms with Crippen molar-refractivity contribution in [3.8, 4) is 0 Å². The number of aliphatic hydroxyl groups is 1. The first-order valence-electron chi connectivity index (χ1n) is 7.10. The molecule has 102 valence electrons. The van der Waals surface area contributed by atoms with Crippen molar-refractivity contribution in [2.75, 3.05) is 26.2 Å². The van der Waals surface area contributed by atoms with Crippen LogP contribution in [0.1, 0.15) is 47.0 Å². The van der Waals surface area contributed by atoms with Crippen LogP contribution in [0.5, 0.6) is 0 Å². The SMILES string of the molecule is CCCN(CC1CC1)CC(C)(CO)NC(C)C. The molecule has 1 aliphatic rings. The average Bonchev–Trinajstić information content (AvgIpc) is 3.00. The topological polar surface area (TPSA) is 35.5 Å². The Hall–Kier alpha value is -0.120. The van der Waals surface area contributed by atoms with Gasteiger partial charge in [0, 0.05) is 19.1 Å². The first kappa shape index (κ1) is 14.9. The molecule has 1 aliphatic carbocycles. The predicted octanol–water partition coefficient (Wildman–Crippen LogP) is 1.86. The van der Waals surface area contributed by atoms with Crippen molar-refractivity contribution < 1.29 is 5.11 Å². The summed E-state index contributed by atoms with van der Waals surface area (Å²) in [7, 11) is 0. The van der Waals surface area contributed by atoms with Gasteiger partial charge in [0.25, 0.3) is 0 Å². The normalized spacial score (nSPS) is 19.9. The molecule has 0 aromatic carbocycles. The van der Waals surface area contributed by atoms with Crippen LogP contribution in [-0.4, -0.2) is 47.8 Å². The van der Waals surface area contributed by atoms with Crippen molar-refractivity contribution in [1.82, 2.24) is 10.2 Å². The summed E-state index contributed by atoms with van der Waals surface area (Å²) in [5, 5.41) is 13.1. The number of aliphatic hydroxyl groups excluding tert-OH is 1. The third-order valence-electron chi connectivity index (χ3n) is 3.31. The zero-order chi connectivity index (χ0) is 12.9. The van der Waals surface area contributed by atoms with E-state index < -0.39 is 0 Å². The van der Waals surface area contributed by atoms with Crippen molar-refractivity contribution >= 4 is 0 Å². The Morgan fingerprint density at radius 3 is 2.47 bits per heavy atom. The molecule has 0 saturated heterocycles. The lowest BCUT2D eigenvalue weighted by molar-refractivity contribution is 0.110. The molecule has 2 N–H and O–H groups in total. The van der Waals surface area contributed by atoms with Crippen LogP contribution in [-0.2, 0) is 0 Å². The summed E-state index contributed by atoms with van der Waals surface area (Å²) in [6, 6.07) is 0.413. The summed E-state index contributed by atoms with van der Waals surface area (Å²) >= 11 is 0. The number of hydrogen-bond donors (Lipinski definition) is 2. The number of nitrogens with one attached hydrogen (secondary N) is 1. The average molecular weight is 242 g/mol. The Labute approximate surface area is 107 Å². The number of nitrogens with zero attached hydrogens (tertiary/aromatic N) is 1. The maximum atomic E-state index is 9.61. The molecule has 0 bridgehead atoms. The van der Waals surface area contributed by atoms with E-state index in [1.165, 1.54) is 25.8 Å². The molecule has 0 aromatic rings. The van der Waals surface area contributed by atoms with E-state index in [9.17, 15) is 5.11 Å². The number of rotatable bonds is 9. The highest BCUT2D eigenvalue weighted by atomic mass is 16.3. The molecular formula is C14H30N2O. The van der Waals surface area contributed by atoms with Gasteiger partial charge in [0.1, 0.15) is 0 Å². The van der Waals surface area contributed by atoms with Gasteiger partial charge in [0.15, 0.2) is 0 Å². The largest absolute Gasteiger partial charge is 0.394 e. The van der Waals surface area contributed by atoms with Crippen molar-refractivity contribution in [3.63, 3.8) is 0 Å². The van der Waals surface area contributed by atoms with Crippen LogP contribution in [0.25, 0.3) is 0 Å². The molecule has 0 radical (unpaired) electrons. The minimum Gasteiger partial charge on any atom is -0.394 e. The second kappa shape index (κ2) is 6.72. The lowest BCUT2D eigenvalue weighted by atomic mass is 10.0. The van der Waals surface area contributed by atoms with E-state index in [1.54, 1.807) is 0 Å². The van der Waals surface area contributed by atoms with Gasteiger partial charge in [-0.3, -0.25) is 0 Å². The Morgan fingerprint density at radius 2 is 2.06 bits per heavy atom. The molecule has 0 spiro atoms. The summed E-state index contributed by atoms with van der Waals surface area (Å²) in [4.78, 5) is 2.52. The minimum atomic E-state index is -0.168. The smallest absolute Gasteiger partial charge is 0.0623 e. The Bertz CT molecular complexity index is 216. The van der Waals surface area contributed by atoms with Crippen molar-refractivity contribution in [2.24, 2.45) is 5.92 Å². The Morgan fingerprint density at radius 1 is 1.41 bits per heavy atom. The summed E-state index contributed by atoms with van der Waals surface area (Å²) in [5.41, 5.74) is -0.168. The molecule has 17 heavy (non-hydrogen) atoms. The van der Waals surface area contributed by atoms with E-state index in [2.05, 4.69) is 37.9 Å². The summed E-state index contributed by atoms with van der Waals surface area (Å²) < 4.78 is 0. The van der Waals surface area contributed by atoms with Crippen LogP contribution in [0.15, 0.2) is 0 Å². The van der Waals surface area contributed by atoms with Crippen molar-refractivity contribution in [1.29, 1.82) is 0 Å². The highest BCUT2D eigenvalue weighted by Crippen LogP contribution is 2.30. The maximum absolute atomic E-state index is 9.61. The van der Waals surface area contributed by atoms with E-state index in [0.29, 0.717) is 6.04 Å².